The van der Waals surface area contributed by atoms with Crippen LogP contribution in [0.5, 0.6) is 0 Å². The number of anilines is 1. The fourth-order valence-corrected chi connectivity index (χ4v) is 2.01. The van der Waals surface area contributed by atoms with Crippen LogP contribution in [0, 0.1) is 12.8 Å². The molecule has 0 saturated carbocycles. The van der Waals surface area contributed by atoms with Crippen LogP contribution in [-0.2, 0) is 9.53 Å². The van der Waals surface area contributed by atoms with Crippen molar-refractivity contribution in [1.29, 1.82) is 0 Å². The van der Waals surface area contributed by atoms with E-state index in [1.54, 1.807) is 20.8 Å². The molecule has 3 N–H and O–H groups in total. The molecule has 0 aliphatic rings. The number of benzene rings is 1. The summed E-state index contributed by atoms with van der Waals surface area (Å²) in [5.74, 6) is -0.0646. The molecule has 1 aromatic carbocycles. The SMILES string of the molecule is Cc1ccc(NNC(=O)C(CC(C)C)NC(=O)OC(C)(C)C)cc1. The fraction of sp³-hybridized carbons (Fsp3) is 0.556. The van der Waals surface area contributed by atoms with Crippen molar-refractivity contribution in [2.45, 2.75) is 59.6 Å². The predicted molar refractivity (Wildman–Crippen MR) is 95.6 cm³/mol. The smallest absolute Gasteiger partial charge is 0.408 e. The highest BCUT2D eigenvalue weighted by Crippen LogP contribution is 2.10. The van der Waals surface area contributed by atoms with Gasteiger partial charge in [0.1, 0.15) is 11.6 Å². The Morgan fingerprint density at radius 1 is 1.12 bits per heavy atom. The second-order valence-corrected chi connectivity index (χ2v) is 7.31. The summed E-state index contributed by atoms with van der Waals surface area (Å²) in [5, 5.41) is 2.64. The van der Waals surface area contributed by atoms with E-state index in [-0.39, 0.29) is 11.8 Å². The zero-order chi connectivity index (χ0) is 18.3. The maximum atomic E-state index is 12.4. The molecule has 0 fully saturated rings. The van der Waals surface area contributed by atoms with Gasteiger partial charge in [0.2, 0.25) is 0 Å². The van der Waals surface area contributed by atoms with Gasteiger partial charge in [0.15, 0.2) is 0 Å². The largest absolute Gasteiger partial charge is 0.444 e. The summed E-state index contributed by atoms with van der Waals surface area (Å²) in [5.41, 5.74) is 6.79. The van der Waals surface area contributed by atoms with E-state index < -0.39 is 17.7 Å². The van der Waals surface area contributed by atoms with Gasteiger partial charge < -0.3 is 10.1 Å². The van der Waals surface area contributed by atoms with E-state index in [0.717, 1.165) is 11.3 Å². The Morgan fingerprint density at radius 3 is 2.21 bits per heavy atom. The van der Waals surface area contributed by atoms with Gasteiger partial charge in [-0.05, 0) is 52.2 Å². The van der Waals surface area contributed by atoms with E-state index in [1.165, 1.54) is 0 Å². The first kappa shape index (κ1) is 19.8. The standard InChI is InChI=1S/C18H29N3O3/c1-12(2)11-15(19-17(23)24-18(4,5)6)16(22)21-20-14-9-7-13(3)8-10-14/h7-10,12,15,20H,11H2,1-6H3,(H,19,23)(H,21,22). The highest BCUT2D eigenvalue weighted by molar-refractivity contribution is 5.86. The van der Waals surface area contributed by atoms with Crippen LogP contribution in [0.1, 0.15) is 46.6 Å². The maximum absolute atomic E-state index is 12.4. The van der Waals surface area contributed by atoms with Gasteiger partial charge in [0.25, 0.3) is 5.91 Å². The van der Waals surface area contributed by atoms with Gasteiger partial charge in [-0.25, -0.2) is 4.79 Å². The molecule has 0 saturated heterocycles. The van der Waals surface area contributed by atoms with Crippen LogP contribution >= 0.6 is 0 Å². The number of hydrogen-bond donors (Lipinski definition) is 3. The van der Waals surface area contributed by atoms with E-state index >= 15 is 0 Å². The molecule has 0 spiro atoms. The lowest BCUT2D eigenvalue weighted by Gasteiger charge is -2.24. The second-order valence-electron chi connectivity index (χ2n) is 7.31. The number of hydrazine groups is 1. The molecule has 1 aromatic rings. The minimum absolute atomic E-state index is 0.245. The van der Waals surface area contributed by atoms with E-state index in [1.807, 2.05) is 45.0 Å². The molecule has 134 valence electrons. The van der Waals surface area contributed by atoms with Crippen LogP contribution in [-0.4, -0.2) is 23.6 Å². The Labute approximate surface area is 144 Å². The van der Waals surface area contributed by atoms with Crippen molar-refractivity contribution in [1.82, 2.24) is 10.7 Å². The quantitative estimate of drug-likeness (QED) is 0.696. The van der Waals surface area contributed by atoms with E-state index in [2.05, 4.69) is 16.2 Å². The number of aryl methyl sites for hydroxylation is 1. The van der Waals surface area contributed by atoms with Gasteiger partial charge in [0, 0.05) is 0 Å². The molecule has 0 radical (unpaired) electrons. The number of ether oxygens (including phenoxy) is 1. The minimum Gasteiger partial charge on any atom is -0.444 e. The van der Waals surface area contributed by atoms with Crippen molar-refractivity contribution < 1.29 is 14.3 Å². The summed E-state index contributed by atoms with van der Waals surface area (Å²) in [7, 11) is 0. The Kier molecular flexibility index (Phi) is 7.07. The summed E-state index contributed by atoms with van der Waals surface area (Å²) in [6.07, 6.45) is -0.0839. The van der Waals surface area contributed by atoms with Crippen LogP contribution in [0.2, 0.25) is 0 Å². The number of carbonyl (C=O) groups excluding carboxylic acids is 2. The average molecular weight is 335 g/mol. The van der Waals surface area contributed by atoms with Gasteiger partial charge in [-0.3, -0.25) is 15.6 Å². The third kappa shape index (κ3) is 7.85. The van der Waals surface area contributed by atoms with Crippen molar-refractivity contribution in [3.63, 3.8) is 0 Å². The highest BCUT2D eigenvalue weighted by Gasteiger charge is 2.25. The maximum Gasteiger partial charge on any atom is 0.408 e. The third-order valence-electron chi connectivity index (χ3n) is 3.10. The summed E-state index contributed by atoms with van der Waals surface area (Å²) < 4.78 is 5.23. The van der Waals surface area contributed by atoms with Gasteiger partial charge >= 0.3 is 6.09 Å². The number of alkyl carbamates (subject to hydrolysis) is 1. The molecule has 0 aliphatic carbocycles. The summed E-state index contributed by atoms with van der Waals surface area (Å²) in [6.45, 7) is 11.3. The lowest BCUT2D eigenvalue weighted by atomic mass is 10.0. The summed E-state index contributed by atoms with van der Waals surface area (Å²) in [4.78, 5) is 24.3. The van der Waals surface area contributed by atoms with Gasteiger partial charge in [0.05, 0.1) is 5.69 Å². The minimum atomic E-state index is -0.669. The lowest BCUT2D eigenvalue weighted by molar-refractivity contribution is -0.123. The van der Waals surface area contributed by atoms with Crippen LogP contribution < -0.4 is 16.2 Å². The zero-order valence-electron chi connectivity index (χ0n) is 15.4. The molecule has 24 heavy (non-hydrogen) atoms. The summed E-state index contributed by atoms with van der Waals surface area (Å²) >= 11 is 0. The van der Waals surface area contributed by atoms with Gasteiger partial charge in [-0.15, -0.1) is 0 Å². The first-order valence-electron chi connectivity index (χ1n) is 8.19. The molecule has 6 nitrogen and oxygen atoms in total. The molecule has 1 atom stereocenters. The highest BCUT2D eigenvalue weighted by atomic mass is 16.6. The van der Waals surface area contributed by atoms with Crippen molar-refractivity contribution in [3.05, 3.63) is 29.8 Å². The second kappa shape index (κ2) is 8.57. The number of carbonyl (C=O) groups is 2. The van der Waals surface area contributed by atoms with Crippen LogP contribution in [0.15, 0.2) is 24.3 Å². The molecule has 0 aromatic heterocycles. The van der Waals surface area contributed by atoms with Crippen LogP contribution in [0.25, 0.3) is 0 Å². The summed E-state index contributed by atoms with van der Waals surface area (Å²) in [6, 6.07) is 6.96. The Bertz CT molecular complexity index is 548. The Morgan fingerprint density at radius 2 is 1.71 bits per heavy atom. The topological polar surface area (TPSA) is 79.5 Å². The fourth-order valence-electron chi connectivity index (χ4n) is 2.01. The van der Waals surface area contributed by atoms with Crippen molar-refractivity contribution >= 4 is 17.7 Å². The average Bonchev–Trinajstić information content (AvgIpc) is 2.43. The molecule has 2 amide bonds. The Hall–Kier alpha value is -2.24. The molecule has 0 aliphatic heterocycles. The molecule has 1 rings (SSSR count). The molecule has 0 bridgehead atoms. The number of amides is 2. The van der Waals surface area contributed by atoms with Crippen LogP contribution in [0.4, 0.5) is 10.5 Å². The van der Waals surface area contributed by atoms with Crippen molar-refractivity contribution in [2.75, 3.05) is 5.43 Å². The lowest BCUT2D eigenvalue weighted by Crippen LogP contribution is -2.50. The van der Waals surface area contributed by atoms with Crippen molar-refractivity contribution in [3.8, 4) is 0 Å². The first-order valence-corrected chi connectivity index (χ1v) is 8.19. The Balaban J connectivity index is 2.63. The zero-order valence-corrected chi connectivity index (χ0v) is 15.4. The predicted octanol–water partition coefficient (Wildman–Crippen LogP) is 3.38. The molecular formula is C18H29N3O3. The monoisotopic (exact) mass is 335 g/mol. The first-order chi connectivity index (χ1) is 11.1. The molecular weight excluding hydrogens is 306 g/mol. The molecule has 1 unspecified atom stereocenters. The molecule has 6 heteroatoms. The number of hydrogen-bond acceptors (Lipinski definition) is 4. The van der Waals surface area contributed by atoms with Gasteiger partial charge in [-0.1, -0.05) is 31.5 Å². The van der Waals surface area contributed by atoms with Crippen molar-refractivity contribution in [2.24, 2.45) is 5.92 Å². The van der Waals surface area contributed by atoms with E-state index in [0.29, 0.717) is 6.42 Å². The normalized spacial score (nSPS) is 12.5. The molecule has 0 heterocycles. The van der Waals surface area contributed by atoms with Gasteiger partial charge in [-0.2, -0.15) is 0 Å². The number of rotatable bonds is 6. The van der Waals surface area contributed by atoms with E-state index in [4.69, 9.17) is 4.74 Å². The number of nitrogens with one attached hydrogen (secondary N) is 3. The third-order valence-corrected chi connectivity index (χ3v) is 3.10. The van der Waals surface area contributed by atoms with E-state index in [9.17, 15) is 9.59 Å². The van der Waals surface area contributed by atoms with Crippen LogP contribution in [0.3, 0.4) is 0 Å².